The van der Waals surface area contributed by atoms with Crippen LogP contribution in [0.3, 0.4) is 0 Å². The van der Waals surface area contributed by atoms with Crippen LogP contribution in [0.25, 0.3) is 0 Å². The fourth-order valence-corrected chi connectivity index (χ4v) is 4.79. The topological polar surface area (TPSA) is 75.7 Å². The van der Waals surface area contributed by atoms with E-state index in [2.05, 4.69) is 49.5 Å². The Morgan fingerprint density at radius 1 is 0.553 bits per heavy atom. The zero-order chi connectivity index (χ0) is 28.6. The Morgan fingerprint density at radius 2 is 0.895 bits per heavy atom. The average molecular weight is 560 g/mol. The summed E-state index contributed by atoms with van der Waals surface area (Å²) in [7, 11) is -0.442. The second-order valence-corrected chi connectivity index (χ2v) is 12.4. The van der Waals surface area contributed by atoms with E-state index in [-0.39, 0.29) is 6.61 Å². The van der Waals surface area contributed by atoms with Crippen LogP contribution in [0.1, 0.15) is 168 Å². The summed E-state index contributed by atoms with van der Waals surface area (Å²) in [5.74, 6) is 0. The van der Waals surface area contributed by atoms with Gasteiger partial charge in [-0.15, -0.1) is 0 Å². The molecule has 0 radical (unpaired) electrons. The van der Waals surface area contributed by atoms with Crippen LogP contribution in [-0.4, -0.2) is 32.1 Å². The first-order valence-corrected chi connectivity index (χ1v) is 17.8. The lowest BCUT2D eigenvalue weighted by Crippen LogP contribution is -2.16. The molecule has 0 aliphatic carbocycles. The number of allylic oxidation sites excluding steroid dienone is 2. The first kappa shape index (κ1) is 40.0. The molecule has 0 rings (SSSR count). The first-order valence-electron chi connectivity index (χ1n) is 16.3. The van der Waals surface area contributed by atoms with Crippen LogP contribution in [0, 0.1) is 0 Å². The molecule has 0 N–H and O–H groups in total. The summed E-state index contributed by atoms with van der Waals surface area (Å²) < 4.78 is 14.4. The van der Waals surface area contributed by atoms with Crippen molar-refractivity contribution in [2.24, 2.45) is 0 Å². The third-order valence-corrected chi connectivity index (χ3v) is 7.36. The Hall–Kier alpha value is -0.190. The minimum absolute atomic E-state index is 0.0332. The molecule has 0 unspecified atom stereocenters. The van der Waals surface area contributed by atoms with E-state index in [0.717, 1.165) is 25.7 Å². The lowest BCUT2D eigenvalue weighted by molar-refractivity contribution is -0.341. The molecule has 5 nitrogen and oxygen atoms in total. The van der Waals surface area contributed by atoms with Gasteiger partial charge in [0.05, 0.1) is 14.4 Å². The van der Waals surface area contributed by atoms with Gasteiger partial charge in [-0.3, -0.25) is 0 Å². The monoisotopic (exact) mass is 559 g/mol. The van der Waals surface area contributed by atoms with E-state index in [4.69, 9.17) is 0 Å². The maximum atomic E-state index is 10.2. The number of hydrogen-bond donors (Lipinski definition) is 0. The molecule has 0 heterocycles. The molecule has 0 saturated carbocycles. The summed E-state index contributed by atoms with van der Waals surface area (Å²) in [4.78, 5) is 22.8. The normalized spacial score (nSPS) is 11.9. The molecule has 0 fully saturated rings. The molecule has 38 heavy (non-hydrogen) atoms. The van der Waals surface area contributed by atoms with Crippen molar-refractivity contribution in [1.82, 2.24) is 4.90 Å². The molecule has 0 aliphatic rings. The SMILES string of the molecule is CCCCCCCC/C=C\CCCCCCCCOP(=O)([O-])[O-].CCCCCCCCCCCCN(C)C. The van der Waals surface area contributed by atoms with Crippen LogP contribution in [0.2, 0.25) is 0 Å². The van der Waals surface area contributed by atoms with Gasteiger partial charge in [-0.25, -0.2) is 0 Å². The van der Waals surface area contributed by atoms with Gasteiger partial charge < -0.3 is 23.8 Å². The predicted molar refractivity (Wildman–Crippen MR) is 163 cm³/mol. The summed E-state index contributed by atoms with van der Waals surface area (Å²) in [5, 5.41) is 0. The van der Waals surface area contributed by atoms with Gasteiger partial charge in [-0.05, 0) is 59.2 Å². The average Bonchev–Trinajstić information content (AvgIpc) is 2.86. The van der Waals surface area contributed by atoms with Crippen molar-refractivity contribution < 1.29 is 18.9 Å². The quantitative estimate of drug-likeness (QED) is 0.0542. The minimum atomic E-state index is -4.76. The lowest BCUT2D eigenvalue weighted by atomic mass is 10.1. The zero-order valence-electron chi connectivity index (χ0n) is 26.1. The van der Waals surface area contributed by atoms with Crippen molar-refractivity contribution in [1.29, 1.82) is 0 Å². The fourth-order valence-electron chi connectivity index (χ4n) is 4.44. The van der Waals surface area contributed by atoms with E-state index in [1.807, 2.05) is 0 Å². The molecule has 0 aromatic heterocycles. The van der Waals surface area contributed by atoms with Gasteiger partial charge in [0.15, 0.2) is 0 Å². The number of unbranched alkanes of at least 4 members (excludes halogenated alkanes) is 21. The third-order valence-electron chi connectivity index (χ3n) is 6.86. The van der Waals surface area contributed by atoms with E-state index in [1.165, 1.54) is 129 Å². The molecule has 0 aromatic carbocycles. The highest BCUT2D eigenvalue weighted by Gasteiger charge is 1.95. The van der Waals surface area contributed by atoms with Crippen molar-refractivity contribution in [3.63, 3.8) is 0 Å². The summed E-state index contributed by atoms with van der Waals surface area (Å²) in [6.07, 6.45) is 35.8. The van der Waals surface area contributed by atoms with Crippen LogP contribution < -0.4 is 9.79 Å². The maximum Gasteiger partial charge on any atom is 0.0596 e. The smallest absolute Gasteiger partial charge is 0.0596 e. The zero-order valence-corrected chi connectivity index (χ0v) is 27.0. The van der Waals surface area contributed by atoms with E-state index in [1.54, 1.807) is 0 Å². The number of phosphoric acid groups is 1. The molecule has 0 amide bonds. The van der Waals surface area contributed by atoms with E-state index in [9.17, 15) is 14.4 Å². The molecule has 0 bridgehead atoms. The van der Waals surface area contributed by atoms with Crippen LogP contribution in [0.5, 0.6) is 0 Å². The molecule has 0 spiro atoms. The van der Waals surface area contributed by atoms with Gasteiger partial charge in [0.25, 0.3) is 0 Å². The van der Waals surface area contributed by atoms with Crippen molar-refractivity contribution in [3.8, 4) is 0 Å². The highest BCUT2D eigenvalue weighted by atomic mass is 31.2. The van der Waals surface area contributed by atoms with Crippen molar-refractivity contribution in [3.05, 3.63) is 12.2 Å². The molecular formula is C32H66NO4P-2. The van der Waals surface area contributed by atoms with Gasteiger partial charge in [-0.2, -0.15) is 0 Å². The van der Waals surface area contributed by atoms with Crippen LogP contribution in [0.15, 0.2) is 12.2 Å². The van der Waals surface area contributed by atoms with Crippen LogP contribution in [0.4, 0.5) is 0 Å². The molecule has 0 atom stereocenters. The highest BCUT2D eigenvalue weighted by molar-refractivity contribution is 7.43. The largest absolute Gasteiger partial charge is 0.790 e. The Bertz CT molecular complexity index is 508. The van der Waals surface area contributed by atoms with Gasteiger partial charge in [0.2, 0.25) is 0 Å². The van der Waals surface area contributed by atoms with Gasteiger partial charge in [0, 0.05) is 0 Å². The molecule has 230 valence electrons. The Labute approximate surface area is 238 Å². The first-order chi connectivity index (χ1) is 18.3. The van der Waals surface area contributed by atoms with Crippen molar-refractivity contribution in [2.75, 3.05) is 27.2 Å². The Kier molecular flexibility index (Phi) is 34.7. The highest BCUT2D eigenvalue weighted by Crippen LogP contribution is 2.24. The fraction of sp³-hybridized carbons (Fsp3) is 0.938. The number of phosphoric ester groups is 1. The van der Waals surface area contributed by atoms with E-state index >= 15 is 0 Å². The molecular weight excluding hydrogens is 493 g/mol. The number of nitrogens with zero attached hydrogens (tertiary/aromatic N) is 1. The summed E-state index contributed by atoms with van der Waals surface area (Å²) >= 11 is 0. The Balaban J connectivity index is 0. The standard InChI is InChI=1S/C18H37O4P.C14H31N/c1-2-3-4-5-6-7-8-9-10-11-12-13-14-15-16-17-18-22-23(19,20)21;1-4-5-6-7-8-9-10-11-12-13-14-15(2)3/h9-10H,2-8,11-18H2,1H3,(H2,19,20,21);4-14H2,1-3H3/p-2/b10-9-;. The second kappa shape index (κ2) is 33.0. The molecule has 0 saturated heterocycles. The number of hydrogen-bond acceptors (Lipinski definition) is 5. The van der Waals surface area contributed by atoms with Gasteiger partial charge >= 0.3 is 0 Å². The molecule has 0 aromatic rings. The minimum Gasteiger partial charge on any atom is -0.790 e. The lowest BCUT2D eigenvalue weighted by Gasteiger charge is -2.28. The van der Waals surface area contributed by atoms with Crippen molar-refractivity contribution in [2.45, 2.75) is 168 Å². The van der Waals surface area contributed by atoms with Crippen molar-refractivity contribution >= 4 is 7.82 Å². The second-order valence-electron chi connectivity index (χ2n) is 11.2. The molecule has 6 heteroatoms. The summed E-state index contributed by atoms with van der Waals surface area (Å²) in [6.45, 7) is 5.83. The van der Waals surface area contributed by atoms with Gasteiger partial charge in [-0.1, -0.05) is 142 Å². The Morgan fingerprint density at radius 3 is 1.26 bits per heavy atom. The van der Waals surface area contributed by atoms with Gasteiger partial charge in [0.1, 0.15) is 0 Å². The maximum absolute atomic E-state index is 10.2. The van der Waals surface area contributed by atoms with Crippen LogP contribution in [-0.2, 0) is 9.09 Å². The number of rotatable bonds is 28. The summed E-state index contributed by atoms with van der Waals surface area (Å²) in [6, 6.07) is 0. The van der Waals surface area contributed by atoms with Crippen LogP contribution >= 0.6 is 7.82 Å². The van der Waals surface area contributed by atoms with E-state index in [0.29, 0.717) is 6.42 Å². The van der Waals surface area contributed by atoms with E-state index < -0.39 is 7.82 Å². The predicted octanol–water partition coefficient (Wildman–Crippen LogP) is 9.34. The summed E-state index contributed by atoms with van der Waals surface area (Å²) in [5.41, 5.74) is 0. The third kappa shape index (κ3) is 42.9. The molecule has 0 aliphatic heterocycles.